The average Bonchev–Trinajstić information content (AvgIpc) is 2.48. The quantitative estimate of drug-likeness (QED) is 0.857. The summed E-state index contributed by atoms with van der Waals surface area (Å²) in [6, 6.07) is 0.934. The fourth-order valence-electron chi connectivity index (χ4n) is 1.06. The summed E-state index contributed by atoms with van der Waals surface area (Å²) in [5.74, 6) is 0.102. The van der Waals surface area contributed by atoms with Crippen molar-refractivity contribution in [2.45, 2.75) is 38.8 Å². The summed E-state index contributed by atoms with van der Waals surface area (Å²) in [6.45, 7) is 5.38. The van der Waals surface area contributed by atoms with E-state index in [2.05, 4.69) is 21.1 Å². The van der Waals surface area contributed by atoms with Gasteiger partial charge in [-0.05, 0) is 36.7 Å². The molecule has 2 N–H and O–H groups in total. The van der Waals surface area contributed by atoms with Crippen LogP contribution in [0.3, 0.4) is 0 Å². The van der Waals surface area contributed by atoms with Crippen LogP contribution in [0.15, 0.2) is 15.2 Å². The maximum atomic E-state index is 11.5. The summed E-state index contributed by atoms with van der Waals surface area (Å²) in [4.78, 5) is 11.5. The zero-order valence-electron chi connectivity index (χ0n) is 9.49. The predicted molar refractivity (Wildman–Crippen MR) is 61.7 cm³/mol. The zero-order valence-corrected chi connectivity index (χ0v) is 11.1. The largest absolute Gasteiger partial charge is 0.459 e. The van der Waals surface area contributed by atoms with Gasteiger partial charge in [-0.2, -0.15) is 0 Å². The van der Waals surface area contributed by atoms with Gasteiger partial charge in [-0.25, -0.2) is 0 Å². The monoisotopic (exact) mass is 290 g/mol. The number of nitrogens with zero attached hydrogens (tertiary/aromatic N) is 1. The van der Waals surface area contributed by atoms with Crippen LogP contribution in [0.1, 0.15) is 26.5 Å². The van der Waals surface area contributed by atoms with Crippen LogP contribution < -0.4 is 5.73 Å². The Morgan fingerprint density at radius 1 is 1.69 bits per heavy atom. The Kier molecular flexibility index (Phi) is 4.09. The maximum absolute atomic E-state index is 11.5. The van der Waals surface area contributed by atoms with Crippen LogP contribution in [-0.2, 0) is 16.0 Å². The normalized spacial score (nSPS) is 13.6. The number of nitrogens with two attached hydrogens (primary N) is 1. The molecule has 16 heavy (non-hydrogen) atoms. The van der Waals surface area contributed by atoms with Gasteiger partial charge in [0.05, 0.1) is 0 Å². The highest BCUT2D eigenvalue weighted by atomic mass is 79.9. The fraction of sp³-hybridized carbons (Fsp3) is 0.600. The molecule has 0 bridgehead atoms. The second kappa shape index (κ2) is 4.97. The molecule has 6 heteroatoms. The molecule has 1 unspecified atom stereocenters. The Hall–Kier alpha value is -0.880. The molecule has 0 fully saturated rings. The predicted octanol–water partition coefficient (Wildman–Crippen LogP) is 1.65. The molecule has 0 radical (unpaired) electrons. The first-order chi connectivity index (χ1) is 7.28. The van der Waals surface area contributed by atoms with E-state index in [4.69, 9.17) is 15.0 Å². The standard InChI is InChI=1S/C10H15BrN2O3/c1-10(2,3)15-9(14)7(12)4-6-5-8(11)13-16-6/h5,7H,4,12H2,1-3H3. The van der Waals surface area contributed by atoms with E-state index in [0.717, 1.165) is 0 Å². The molecule has 1 atom stereocenters. The van der Waals surface area contributed by atoms with Crippen molar-refractivity contribution in [2.75, 3.05) is 0 Å². The number of hydrogen-bond acceptors (Lipinski definition) is 5. The summed E-state index contributed by atoms with van der Waals surface area (Å²) >= 11 is 3.15. The van der Waals surface area contributed by atoms with Gasteiger partial charge in [-0.3, -0.25) is 4.79 Å². The number of ether oxygens (including phenoxy) is 1. The topological polar surface area (TPSA) is 78.4 Å². The highest BCUT2D eigenvalue weighted by Crippen LogP contribution is 2.13. The lowest BCUT2D eigenvalue weighted by molar-refractivity contribution is -0.156. The third-order valence-electron chi connectivity index (χ3n) is 1.66. The second-order valence-corrected chi connectivity index (χ2v) is 5.27. The fourth-order valence-corrected chi connectivity index (χ4v) is 1.39. The van der Waals surface area contributed by atoms with Crippen molar-refractivity contribution in [3.8, 4) is 0 Å². The molecule has 0 saturated carbocycles. The molecule has 1 heterocycles. The number of esters is 1. The Balaban J connectivity index is 2.52. The summed E-state index contributed by atoms with van der Waals surface area (Å²) in [7, 11) is 0. The minimum absolute atomic E-state index is 0.271. The van der Waals surface area contributed by atoms with E-state index in [1.165, 1.54) is 0 Å². The molecule has 0 aliphatic heterocycles. The van der Waals surface area contributed by atoms with E-state index in [1.54, 1.807) is 26.8 Å². The van der Waals surface area contributed by atoms with Crippen molar-refractivity contribution in [1.82, 2.24) is 5.16 Å². The summed E-state index contributed by atoms with van der Waals surface area (Å²) in [5.41, 5.74) is 5.16. The van der Waals surface area contributed by atoms with E-state index >= 15 is 0 Å². The van der Waals surface area contributed by atoms with Gasteiger partial charge in [0, 0.05) is 12.5 Å². The van der Waals surface area contributed by atoms with Crippen molar-refractivity contribution >= 4 is 21.9 Å². The van der Waals surface area contributed by atoms with Crippen molar-refractivity contribution in [3.05, 3.63) is 16.4 Å². The second-order valence-electron chi connectivity index (χ2n) is 4.46. The number of carbonyl (C=O) groups is 1. The molecule has 0 spiro atoms. The number of hydrogen-bond donors (Lipinski definition) is 1. The van der Waals surface area contributed by atoms with Gasteiger partial charge in [0.1, 0.15) is 22.0 Å². The Morgan fingerprint density at radius 2 is 2.31 bits per heavy atom. The minimum atomic E-state index is -0.737. The van der Waals surface area contributed by atoms with Crippen LogP contribution in [0.25, 0.3) is 0 Å². The van der Waals surface area contributed by atoms with Gasteiger partial charge in [0.2, 0.25) is 0 Å². The lowest BCUT2D eigenvalue weighted by atomic mass is 10.1. The summed E-state index contributed by atoms with van der Waals surface area (Å²) < 4.78 is 10.7. The van der Waals surface area contributed by atoms with Crippen LogP contribution in [0, 0.1) is 0 Å². The molecule has 90 valence electrons. The lowest BCUT2D eigenvalue weighted by Crippen LogP contribution is -2.38. The van der Waals surface area contributed by atoms with Crippen LogP contribution in [0.5, 0.6) is 0 Å². The van der Waals surface area contributed by atoms with Crippen LogP contribution in [-0.4, -0.2) is 22.8 Å². The third kappa shape index (κ3) is 4.32. The number of carbonyl (C=O) groups excluding carboxylic acids is 1. The van der Waals surface area contributed by atoms with E-state index in [0.29, 0.717) is 10.4 Å². The van der Waals surface area contributed by atoms with E-state index in [1.807, 2.05) is 0 Å². The number of rotatable bonds is 3. The lowest BCUT2D eigenvalue weighted by Gasteiger charge is -2.21. The van der Waals surface area contributed by atoms with E-state index in [-0.39, 0.29) is 6.42 Å². The molecular formula is C10H15BrN2O3. The number of aromatic nitrogens is 1. The smallest absolute Gasteiger partial charge is 0.323 e. The summed E-state index contributed by atoms with van der Waals surface area (Å²) in [5, 5.41) is 3.64. The average molecular weight is 291 g/mol. The van der Waals surface area contributed by atoms with Gasteiger partial charge < -0.3 is 15.0 Å². The Morgan fingerprint density at radius 3 is 2.75 bits per heavy atom. The Labute approximate surface area is 102 Å². The van der Waals surface area contributed by atoms with Crippen molar-refractivity contribution in [1.29, 1.82) is 0 Å². The molecule has 1 aromatic heterocycles. The van der Waals surface area contributed by atoms with Gasteiger partial charge >= 0.3 is 5.97 Å². The Bertz CT molecular complexity index is 370. The molecule has 0 aliphatic carbocycles. The molecule has 5 nitrogen and oxygen atoms in total. The van der Waals surface area contributed by atoms with E-state index in [9.17, 15) is 4.79 Å². The van der Waals surface area contributed by atoms with Crippen LogP contribution in [0.2, 0.25) is 0 Å². The van der Waals surface area contributed by atoms with Crippen LogP contribution >= 0.6 is 15.9 Å². The van der Waals surface area contributed by atoms with Crippen molar-refractivity contribution in [2.24, 2.45) is 5.73 Å². The van der Waals surface area contributed by atoms with Gasteiger partial charge in [-0.15, -0.1) is 0 Å². The molecule has 1 aromatic rings. The molecule has 0 saturated heterocycles. The summed E-state index contributed by atoms with van der Waals surface area (Å²) in [6.07, 6.45) is 0.271. The van der Waals surface area contributed by atoms with Gasteiger partial charge in [0.25, 0.3) is 0 Å². The first-order valence-electron chi connectivity index (χ1n) is 4.87. The molecule has 0 amide bonds. The third-order valence-corrected chi connectivity index (χ3v) is 2.03. The SMILES string of the molecule is CC(C)(C)OC(=O)C(N)Cc1cc(Br)no1. The van der Waals surface area contributed by atoms with E-state index < -0.39 is 17.6 Å². The van der Waals surface area contributed by atoms with Gasteiger partial charge in [0.15, 0.2) is 0 Å². The van der Waals surface area contributed by atoms with Crippen molar-refractivity contribution < 1.29 is 14.1 Å². The first kappa shape index (κ1) is 13.2. The minimum Gasteiger partial charge on any atom is -0.459 e. The highest BCUT2D eigenvalue weighted by molar-refractivity contribution is 9.10. The molecule has 1 rings (SSSR count). The molecular weight excluding hydrogens is 276 g/mol. The molecule has 0 aromatic carbocycles. The van der Waals surface area contributed by atoms with Crippen molar-refractivity contribution in [3.63, 3.8) is 0 Å². The highest BCUT2D eigenvalue weighted by Gasteiger charge is 2.23. The first-order valence-corrected chi connectivity index (χ1v) is 5.67. The zero-order chi connectivity index (χ0) is 12.3. The number of halogens is 1. The maximum Gasteiger partial charge on any atom is 0.323 e. The molecule has 0 aliphatic rings. The van der Waals surface area contributed by atoms with Crippen LogP contribution in [0.4, 0.5) is 0 Å². The van der Waals surface area contributed by atoms with Gasteiger partial charge in [-0.1, -0.05) is 5.16 Å².